The van der Waals surface area contributed by atoms with Crippen LogP contribution in [0.2, 0.25) is 0 Å². The van der Waals surface area contributed by atoms with E-state index in [-0.39, 0.29) is 5.92 Å². The number of rotatable bonds is 4. The van der Waals surface area contributed by atoms with Gasteiger partial charge in [-0.3, -0.25) is 9.69 Å². The number of methoxy groups -OCH3 is 1. The van der Waals surface area contributed by atoms with Gasteiger partial charge in [-0.25, -0.2) is 0 Å². The average Bonchev–Trinajstić information content (AvgIpc) is 2.70. The molecule has 1 aromatic carbocycles. The van der Waals surface area contributed by atoms with Gasteiger partial charge in [0.2, 0.25) is 0 Å². The van der Waals surface area contributed by atoms with Crippen molar-refractivity contribution in [2.75, 3.05) is 20.2 Å². The van der Waals surface area contributed by atoms with Crippen molar-refractivity contribution in [1.82, 2.24) is 4.90 Å². The number of piperidine rings is 1. The lowest BCUT2D eigenvalue weighted by Crippen LogP contribution is -2.53. The van der Waals surface area contributed by atoms with Crippen LogP contribution >= 0.6 is 0 Å². The fraction of sp³-hybridized carbons (Fsp3) is 0.562. The van der Waals surface area contributed by atoms with Gasteiger partial charge in [0.25, 0.3) is 0 Å². The van der Waals surface area contributed by atoms with Gasteiger partial charge in [0.05, 0.1) is 7.11 Å². The SMILES string of the molecule is COc1ccc(CN2C[C@H]3C[C@@H](C2)[C@](N)(C(=O)O)C3)cc1. The molecular weight excluding hydrogens is 268 g/mol. The van der Waals surface area contributed by atoms with Crippen LogP contribution in [0.3, 0.4) is 0 Å². The van der Waals surface area contributed by atoms with E-state index in [9.17, 15) is 9.90 Å². The first-order valence-electron chi connectivity index (χ1n) is 7.39. The molecule has 0 aromatic heterocycles. The molecule has 0 spiro atoms. The number of nitrogens with zero attached hydrogens (tertiary/aromatic N) is 1. The molecule has 2 bridgehead atoms. The van der Waals surface area contributed by atoms with E-state index in [1.165, 1.54) is 5.56 Å². The van der Waals surface area contributed by atoms with Crippen LogP contribution in [0.25, 0.3) is 0 Å². The minimum absolute atomic E-state index is 0.0620. The maximum atomic E-state index is 11.4. The summed E-state index contributed by atoms with van der Waals surface area (Å²) in [5.74, 6) is 0.473. The number of hydrogen-bond donors (Lipinski definition) is 2. The van der Waals surface area contributed by atoms with Gasteiger partial charge in [0, 0.05) is 25.6 Å². The topological polar surface area (TPSA) is 75.8 Å². The maximum absolute atomic E-state index is 11.4. The summed E-state index contributed by atoms with van der Waals surface area (Å²) in [5.41, 5.74) is 6.33. The van der Waals surface area contributed by atoms with Gasteiger partial charge in [-0.2, -0.15) is 0 Å². The van der Waals surface area contributed by atoms with E-state index < -0.39 is 11.5 Å². The van der Waals surface area contributed by atoms with Crippen LogP contribution in [-0.4, -0.2) is 41.7 Å². The number of carbonyl (C=O) groups is 1. The molecule has 5 nitrogen and oxygen atoms in total. The van der Waals surface area contributed by atoms with Gasteiger partial charge in [-0.15, -0.1) is 0 Å². The van der Waals surface area contributed by atoms with E-state index in [0.717, 1.165) is 31.8 Å². The molecular formula is C16H22N2O3. The second kappa shape index (κ2) is 5.31. The van der Waals surface area contributed by atoms with Gasteiger partial charge in [-0.05, 0) is 36.5 Å². The third-order valence-corrected chi connectivity index (χ3v) is 4.93. The molecule has 1 saturated heterocycles. The van der Waals surface area contributed by atoms with Gasteiger partial charge < -0.3 is 15.6 Å². The first kappa shape index (κ1) is 14.4. The van der Waals surface area contributed by atoms with Gasteiger partial charge in [-0.1, -0.05) is 12.1 Å². The minimum atomic E-state index is -1.03. The summed E-state index contributed by atoms with van der Waals surface area (Å²) in [6.45, 7) is 2.55. The molecule has 3 rings (SSSR count). The van der Waals surface area contributed by atoms with Gasteiger partial charge >= 0.3 is 5.97 Å². The van der Waals surface area contributed by atoms with Crippen molar-refractivity contribution in [1.29, 1.82) is 0 Å². The molecule has 1 aliphatic carbocycles. The van der Waals surface area contributed by atoms with Crippen molar-refractivity contribution in [2.24, 2.45) is 17.6 Å². The molecule has 2 aliphatic rings. The molecule has 3 N–H and O–H groups in total. The summed E-state index contributed by atoms with van der Waals surface area (Å²) < 4.78 is 5.16. The zero-order valence-electron chi connectivity index (χ0n) is 12.3. The summed E-state index contributed by atoms with van der Waals surface area (Å²) in [7, 11) is 1.66. The molecule has 3 atom stereocenters. The fourth-order valence-corrected chi connectivity index (χ4v) is 3.85. The summed E-state index contributed by atoms with van der Waals surface area (Å²) in [4.78, 5) is 13.8. The Kier molecular flexibility index (Phi) is 3.63. The van der Waals surface area contributed by atoms with E-state index in [4.69, 9.17) is 10.5 Å². The van der Waals surface area contributed by atoms with Crippen molar-refractivity contribution < 1.29 is 14.6 Å². The number of fused-ring (bicyclic) bond motifs is 2. The lowest BCUT2D eigenvalue weighted by atomic mass is 9.87. The number of likely N-dealkylation sites (tertiary alicyclic amines) is 1. The number of hydrogen-bond acceptors (Lipinski definition) is 4. The Hall–Kier alpha value is -1.59. The van der Waals surface area contributed by atoms with Crippen molar-refractivity contribution in [2.45, 2.75) is 24.9 Å². The van der Waals surface area contributed by atoms with Crippen molar-refractivity contribution in [3.63, 3.8) is 0 Å². The Morgan fingerprint density at radius 1 is 1.43 bits per heavy atom. The molecule has 1 aromatic rings. The highest BCUT2D eigenvalue weighted by atomic mass is 16.5. The molecule has 0 amide bonds. The second-order valence-electron chi connectivity index (χ2n) is 6.39. The molecule has 0 unspecified atom stereocenters. The number of carboxylic acids is 1. The number of aliphatic carboxylic acids is 1. The summed E-state index contributed by atoms with van der Waals surface area (Å²) >= 11 is 0. The van der Waals surface area contributed by atoms with Crippen LogP contribution in [0.4, 0.5) is 0 Å². The molecule has 1 saturated carbocycles. The number of ether oxygens (including phenoxy) is 1. The monoisotopic (exact) mass is 290 g/mol. The van der Waals surface area contributed by atoms with Crippen LogP contribution in [0.1, 0.15) is 18.4 Å². The zero-order valence-corrected chi connectivity index (χ0v) is 12.3. The highest BCUT2D eigenvalue weighted by molar-refractivity contribution is 5.79. The highest BCUT2D eigenvalue weighted by Gasteiger charge is 2.53. The van der Waals surface area contributed by atoms with Crippen molar-refractivity contribution in [3.05, 3.63) is 29.8 Å². The minimum Gasteiger partial charge on any atom is -0.497 e. The average molecular weight is 290 g/mol. The van der Waals surface area contributed by atoms with Crippen LogP contribution in [0, 0.1) is 11.8 Å². The van der Waals surface area contributed by atoms with E-state index in [0.29, 0.717) is 12.3 Å². The van der Waals surface area contributed by atoms with E-state index in [1.807, 2.05) is 12.1 Å². The quantitative estimate of drug-likeness (QED) is 0.874. The third kappa shape index (κ3) is 2.63. The molecule has 1 heterocycles. The van der Waals surface area contributed by atoms with E-state index in [2.05, 4.69) is 17.0 Å². The van der Waals surface area contributed by atoms with Gasteiger partial charge in [0.15, 0.2) is 0 Å². The third-order valence-electron chi connectivity index (χ3n) is 4.93. The molecule has 114 valence electrons. The molecule has 2 fully saturated rings. The van der Waals surface area contributed by atoms with Crippen LogP contribution in [0.5, 0.6) is 5.75 Å². The number of benzene rings is 1. The van der Waals surface area contributed by atoms with Crippen molar-refractivity contribution in [3.8, 4) is 5.75 Å². The lowest BCUT2D eigenvalue weighted by molar-refractivity contribution is -0.144. The first-order chi connectivity index (χ1) is 10.0. The molecule has 1 aliphatic heterocycles. The van der Waals surface area contributed by atoms with Crippen molar-refractivity contribution >= 4 is 5.97 Å². The summed E-state index contributed by atoms with van der Waals surface area (Å²) in [5, 5.41) is 9.40. The van der Waals surface area contributed by atoms with Gasteiger partial charge in [0.1, 0.15) is 11.3 Å². The van der Waals surface area contributed by atoms with E-state index in [1.54, 1.807) is 7.11 Å². The lowest BCUT2D eigenvalue weighted by Gasteiger charge is -2.34. The summed E-state index contributed by atoms with van der Waals surface area (Å²) in [6.07, 6.45) is 1.55. The standard InChI is InChI=1S/C16H22N2O3/c1-21-14-4-2-11(3-5-14)8-18-9-12-6-13(10-18)16(17,7-12)15(19)20/h2-5,12-13H,6-10,17H2,1H3,(H,19,20)/t12-,13-,16-/m0/s1. The smallest absolute Gasteiger partial charge is 0.324 e. The molecule has 0 radical (unpaired) electrons. The number of nitrogens with two attached hydrogens (primary N) is 1. The zero-order chi connectivity index (χ0) is 15.0. The molecule has 21 heavy (non-hydrogen) atoms. The Morgan fingerprint density at radius 3 is 2.76 bits per heavy atom. The van der Waals surface area contributed by atoms with Crippen LogP contribution in [-0.2, 0) is 11.3 Å². The summed E-state index contributed by atoms with van der Waals surface area (Å²) in [6, 6.07) is 8.03. The molecule has 5 heteroatoms. The second-order valence-corrected chi connectivity index (χ2v) is 6.39. The van der Waals surface area contributed by atoms with Crippen LogP contribution in [0.15, 0.2) is 24.3 Å². The maximum Gasteiger partial charge on any atom is 0.324 e. The fourth-order valence-electron chi connectivity index (χ4n) is 3.85. The number of carboxylic acid groups (broad SMARTS) is 1. The van der Waals surface area contributed by atoms with E-state index >= 15 is 0 Å². The highest BCUT2D eigenvalue weighted by Crippen LogP contribution is 2.43. The predicted molar refractivity (Wildman–Crippen MR) is 79.0 cm³/mol. The predicted octanol–water partition coefficient (Wildman–Crippen LogP) is 1.32. The normalized spacial score (nSPS) is 32.1. The Labute approximate surface area is 124 Å². The Bertz CT molecular complexity index is 531. The first-order valence-corrected chi connectivity index (χ1v) is 7.39. The van der Waals surface area contributed by atoms with Crippen LogP contribution < -0.4 is 10.5 Å². The Balaban J connectivity index is 1.68. The Morgan fingerprint density at radius 2 is 2.14 bits per heavy atom. The largest absolute Gasteiger partial charge is 0.497 e.